The molecule has 7 nitrogen and oxygen atoms in total. The lowest BCUT2D eigenvalue weighted by molar-refractivity contribution is -0.116. The van der Waals surface area contributed by atoms with E-state index in [1.165, 1.54) is 29.3 Å². The Hall–Kier alpha value is -3.27. The van der Waals surface area contributed by atoms with Gasteiger partial charge < -0.3 is 10.1 Å². The summed E-state index contributed by atoms with van der Waals surface area (Å²) in [5, 5.41) is 5.94. The molecule has 1 amide bonds. The summed E-state index contributed by atoms with van der Waals surface area (Å²) >= 11 is 8.99. The predicted molar refractivity (Wildman–Crippen MR) is 129 cm³/mol. The van der Waals surface area contributed by atoms with Gasteiger partial charge in [-0.3, -0.25) is 14.2 Å². The average molecular weight is 483 g/mol. The van der Waals surface area contributed by atoms with Crippen LogP contribution in [-0.4, -0.2) is 27.6 Å². The van der Waals surface area contributed by atoms with Gasteiger partial charge in [0.2, 0.25) is 5.91 Å². The molecule has 0 saturated heterocycles. The van der Waals surface area contributed by atoms with Crippen molar-refractivity contribution in [1.82, 2.24) is 14.5 Å². The van der Waals surface area contributed by atoms with E-state index in [4.69, 9.17) is 21.3 Å². The number of ether oxygens (including phenoxy) is 1. The minimum absolute atomic E-state index is 0.173. The third-order valence-electron chi connectivity index (χ3n) is 4.83. The van der Waals surface area contributed by atoms with Gasteiger partial charge in [0, 0.05) is 11.1 Å². The molecule has 0 fully saturated rings. The van der Waals surface area contributed by atoms with Gasteiger partial charge in [-0.15, -0.1) is 22.7 Å². The molecule has 10 heteroatoms. The normalized spacial score (nSPS) is 11.2. The number of amides is 1. The van der Waals surface area contributed by atoms with Gasteiger partial charge in [0.25, 0.3) is 5.56 Å². The monoisotopic (exact) mass is 482 g/mol. The van der Waals surface area contributed by atoms with Crippen LogP contribution >= 0.6 is 34.3 Å². The first kappa shape index (κ1) is 20.6. The van der Waals surface area contributed by atoms with Crippen LogP contribution in [0.1, 0.15) is 0 Å². The van der Waals surface area contributed by atoms with Crippen LogP contribution in [0.25, 0.3) is 31.0 Å². The molecule has 0 bridgehead atoms. The predicted octanol–water partition coefficient (Wildman–Crippen LogP) is 5.04. The van der Waals surface area contributed by atoms with Crippen molar-refractivity contribution in [2.75, 3.05) is 12.4 Å². The quantitative estimate of drug-likeness (QED) is 0.379. The standard InChI is InChI=1S/C22H15ClN4O3S2/c1-30-16-7-4-12(9-14(16)23)25-18(28)10-27-11-24-19-13-5-6-15(17-3-2-8-31-17)26-21(13)32-20(19)22(27)29/h2-9,11H,10H2,1H3,(H,25,28). The minimum atomic E-state index is -0.367. The second kappa shape index (κ2) is 8.34. The van der Waals surface area contributed by atoms with Crippen molar-refractivity contribution < 1.29 is 9.53 Å². The summed E-state index contributed by atoms with van der Waals surface area (Å²) < 4.78 is 6.87. The van der Waals surface area contributed by atoms with Gasteiger partial charge >= 0.3 is 0 Å². The van der Waals surface area contributed by atoms with E-state index in [-0.39, 0.29) is 18.0 Å². The number of halogens is 1. The number of pyridine rings is 1. The van der Waals surface area contributed by atoms with Crippen LogP contribution in [0.4, 0.5) is 5.69 Å². The first-order valence-electron chi connectivity index (χ1n) is 9.49. The maximum absolute atomic E-state index is 13.0. The number of hydrogen-bond acceptors (Lipinski definition) is 7. The highest BCUT2D eigenvalue weighted by Gasteiger charge is 2.15. The zero-order valence-electron chi connectivity index (χ0n) is 16.7. The minimum Gasteiger partial charge on any atom is -0.495 e. The number of nitrogens with one attached hydrogen (secondary N) is 1. The van der Waals surface area contributed by atoms with Crippen LogP contribution in [-0.2, 0) is 11.3 Å². The summed E-state index contributed by atoms with van der Waals surface area (Å²) in [7, 11) is 1.52. The third-order valence-corrected chi connectivity index (χ3v) is 7.10. The molecule has 4 heterocycles. The van der Waals surface area contributed by atoms with Crippen molar-refractivity contribution in [2.24, 2.45) is 0 Å². The van der Waals surface area contributed by atoms with Crippen molar-refractivity contribution in [3.63, 3.8) is 0 Å². The largest absolute Gasteiger partial charge is 0.495 e. The number of carbonyl (C=O) groups excluding carboxylic acids is 1. The first-order valence-corrected chi connectivity index (χ1v) is 11.6. The lowest BCUT2D eigenvalue weighted by Gasteiger charge is -2.09. The van der Waals surface area contributed by atoms with Gasteiger partial charge in [-0.1, -0.05) is 17.7 Å². The fourth-order valence-corrected chi connectivity index (χ4v) is 5.35. The number of nitrogens with zero attached hydrogens (tertiary/aromatic N) is 3. The molecule has 160 valence electrons. The summed E-state index contributed by atoms with van der Waals surface area (Å²) in [6.07, 6.45) is 1.39. The Bertz CT molecular complexity index is 1530. The molecule has 0 radical (unpaired) electrons. The second-order valence-electron chi connectivity index (χ2n) is 6.88. The number of aromatic nitrogens is 3. The van der Waals surface area contributed by atoms with Crippen LogP contribution in [0.15, 0.2) is 59.0 Å². The van der Waals surface area contributed by atoms with Crippen LogP contribution in [0.3, 0.4) is 0 Å². The number of rotatable bonds is 5. The van der Waals surface area contributed by atoms with E-state index in [2.05, 4.69) is 10.3 Å². The summed E-state index contributed by atoms with van der Waals surface area (Å²) in [4.78, 5) is 36.5. The van der Waals surface area contributed by atoms with E-state index in [0.717, 1.165) is 20.8 Å². The van der Waals surface area contributed by atoms with Crippen molar-refractivity contribution in [1.29, 1.82) is 0 Å². The Morgan fingerprint density at radius 1 is 1.25 bits per heavy atom. The molecule has 0 aliphatic carbocycles. The average Bonchev–Trinajstić information content (AvgIpc) is 3.44. The highest BCUT2D eigenvalue weighted by Crippen LogP contribution is 2.32. The molecule has 0 aliphatic rings. The SMILES string of the molecule is COc1ccc(NC(=O)Cn2cnc3c(sc4nc(-c5cccs5)ccc43)c2=O)cc1Cl. The van der Waals surface area contributed by atoms with Crippen LogP contribution in [0, 0.1) is 0 Å². The van der Waals surface area contributed by atoms with Gasteiger partial charge in [0.15, 0.2) is 0 Å². The maximum atomic E-state index is 13.0. The van der Waals surface area contributed by atoms with Gasteiger partial charge in [-0.05, 0) is 41.8 Å². The lowest BCUT2D eigenvalue weighted by Crippen LogP contribution is -2.27. The van der Waals surface area contributed by atoms with Crippen molar-refractivity contribution in [2.45, 2.75) is 6.54 Å². The van der Waals surface area contributed by atoms with E-state index in [1.54, 1.807) is 29.5 Å². The topological polar surface area (TPSA) is 86.1 Å². The Morgan fingerprint density at radius 2 is 2.12 bits per heavy atom. The molecule has 1 aromatic carbocycles. The summed E-state index contributed by atoms with van der Waals surface area (Å²) in [6.45, 7) is -0.173. The van der Waals surface area contributed by atoms with E-state index >= 15 is 0 Å². The fraction of sp³-hybridized carbons (Fsp3) is 0.0909. The zero-order chi connectivity index (χ0) is 22.2. The number of hydrogen-bond donors (Lipinski definition) is 1. The molecule has 5 aromatic rings. The lowest BCUT2D eigenvalue weighted by atomic mass is 10.2. The van der Waals surface area contributed by atoms with Crippen LogP contribution < -0.4 is 15.6 Å². The molecule has 0 aliphatic heterocycles. The van der Waals surface area contributed by atoms with Crippen molar-refractivity contribution in [3.05, 3.63) is 69.5 Å². The summed E-state index contributed by atoms with van der Waals surface area (Å²) in [5.74, 6) is 0.143. The first-order chi connectivity index (χ1) is 15.5. The number of fused-ring (bicyclic) bond motifs is 3. The molecule has 0 unspecified atom stereocenters. The Morgan fingerprint density at radius 3 is 2.88 bits per heavy atom. The molecule has 4 aromatic heterocycles. The molecule has 5 rings (SSSR count). The van der Waals surface area contributed by atoms with E-state index in [1.807, 2.05) is 29.6 Å². The van der Waals surface area contributed by atoms with Crippen LogP contribution in [0.2, 0.25) is 5.02 Å². The van der Waals surface area contributed by atoms with E-state index in [0.29, 0.717) is 26.7 Å². The number of thiophene rings is 2. The molecule has 1 N–H and O–H groups in total. The van der Waals surface area contributed by atoms with Gasteiger partial charge in [-0.25, -0.2) is 9.97 Å². The maximum Gasteiger partial charge on any atom is 0.271 e. The van der Waals surface area contributed by atoms with Crippen molar-refractivity contribution in [3.8, 4) is 16.3 Å². The molecule has 0 saturated carbocycles. The molecule has 0 atom stereocenters. The third kappa shape index (κ3) is 3.75. The van der Waals surface area contributed by atoms with Gasteiger partial charge in [0.1, 0.15) is 21.8 Å². The zero-order valence-corrected chi connectivity index (χ0v) is 19.1. The molecule has 32 heavy (non-hydrogen) atoms. The Kier molecular flexibility index (Phi) is 5.38. The summed E-state index contributed by atoms with van der Waals surface area (Å²) in [6, 6.07) is 12.8. The second-order valence-corrected chi connectivity index (χ2v) is 9.24. The fourth-order valence-electron chi connectivity index (χ4n) is 3.32. The van der Waals surface area contributed by atoms with E-state index < -0.39 is 0 Å². The van der Waals surface area contributed by atoms with Crippen LogP contribution in [0.5, 0.6) is 5.75 Å². The molecular weight excluding hydrogens is 468 g/mol. The molecular formula is C22H15ClN4O3S2. The van der Waals surface area contributed by atoms with E-state index in [9.17, 15) is 9.59 Å². The number of benzene rings is 1. The molecule has 0 spiro atoms. The van der Waals surface area contributed by atoms with Crippen molar-refractivity contribution >= 4 is 66.3 Å². The number of methoxy groups -OCH3 is 1. The summed E-state index contributed by atoms with van der Waals surface area (Å²) in [5.41, 5.74) is 1.68. The smallest absolute Gasteiger partial charge is 0.271 e. The highest BCUT2D eigenvalue weighted by atomic mass is 35.5. The Labute approximate surface area is 194 Å². The Balaban J connectivity index is 1.43. The van der Waals surface area contributed by atoms with Gasteiger partial charge in [0.05, 0.1) is 34.5 Å². The van der Waals surface area contributed by atoms with Gasteiger partial charge in [-0.2, -0.15) is 0 Å². The number of carbonyl (C=O) groups is 1. The highest BCUT2D eigenvalue weighted by molar-refractivity contribution is 7.25. The number of anilines is 1.